The lowest BCUT2D eigenvalue weighted by molar-refractivity contribution is 0.0785. The molecule has 0 bridgehead atoms. The van der Waals surface area contributed by atoms with Crippen molar-refractivity contribution >= 4 is 33.2 Å². The predicted molar refractivity (Wildman–Crippen MR) is 79.3 cm³/mol. The summed E-state index contributed by atoms with van der Waals surface area (Å²) in [6.07, 6.45) is 0. The minimum atomic E-state index is -0.0278. The minimum absolute atomic E-state index is 0.0278. The fourth-order valence-electron chi connectivity index (χ4n) is 1.71. The van der Waals surface area contributed by atoms with E-state index in [9.17, 15) is 4.79 Å². The molecule has 6 heteroatoms. The first-order valence-electron chi connectivity index (χ1n) is 5.76. The highest BCUT2D eigenvalue weighted by molar-refractivity contribution is 9.10. The Hall–Kier alpha value is -1.27. The molecule has 0 aliphatic rings. The molecule has 0 N–H and O–H groups in total. The maximum atomic E-state index is 12.4. The molecular weight excluding hydrogens is 326 g/mol. The SMILES string of the molecule is Cc1cc(C(=O)N(C)Cc2cc(Br)cs2)c(C)nn1. The molecule has 0 radical (unpaired) electrons. The smallest absolute Gasteiger partial charge is 0.255 e. The van der Waals surface area contributed by atoms with E-state index in [4.69, 9.17) is 0 Å². The molecular formula is C13H14BrN3OS. The van der Waals surface area contributed by atoms with Crippen LogP contribution >= 0.6 is 27.3 Å². The van der Waals surface area contributed by atoms with Gasteiger partial charge in [-0.15, -0.1) is 11.3 Å². The molecule has 0 fully saturated rings. The van der Waals surface area contributed by atoms with Gasteiger partial charge in [-0.05, 0) is 41.9 Å². The normalized spacial score (nSPS) is 10.5. The number of amides is 1. The minimum Gasteiger partial charge on any atom is -0.337 e. The van der Waals surface area contributed by atoms with E-state index in [-0.39, 0.29) is 5.91 Å². The molecule has 0 saturated heterocycles. The van der Waals surface area contributed by atoms with Gasteiger partial charge in [0, 0.05) is 21.8 Å². The fourth-order valence-corrected chi connectivity index (χ4v) is 3.22. The van der Waals surface area contributed by atoms with Crippen LogP contribution in [0, 0.1) is 13.8 Å². The molecule has 1 amide bonds. The van der Waals surface area contributed by atoms with Crippen LogP contribution < -0.4 is 0 Å². The van der Waals surface area contributed by atoms with E-state index < -0.39 is 0 Å². The van der Waals surface area contributed by atoms with Crippen LogP contribution in [0.15, 0.2) is 22.0 Å². The van der Waals surface area contributed by atoms with E-state index in [1.165, 1.54) is 0 Å². The van der Waals surface area contributed by atoms with Gasteiger partial charge in [0.1, 0.15) is 0 Å². The van der Waals surface area contributed by atoms with Gasteiger partial charge in [-0.3, -0.25) is 4.79 Å². The molecule has 2 aromatic heterocycles. The Kier molecular flexibility index (Phi) is 4.31. The van der Waals surface area contributed by atoms with Gasteiger partial charge in [0.25, 0.3) is 5.91 Å². The lowest BCUT2D eigenvalue weighted by atomic mass is 10.2. The first-order valence-corrected chi connectivity index (χ1v) is 7.44. The van der Waals surface area contributed by atoms with Crippen molar-refractivity contribution in [2.24, 2.45) is 0 Å². The molecule has 0 aliphatic carbocycles. The van der Waals surface area contributed by atoms with Gasteiger partial charge in [-0.2, -0.15) is 10.2 Å². The van der Waals surface area contributed by atoms with Crippen LogP contribution in [0.25, 0.3) is 0 Å². The van der Waals surface area contributed by atoms with E-state index >= 15 is 0 Å². The fraction of sp³-hybridized carbons (Fsp3) is 0.308. The number of carbonyl (C=O) groups excluding carboxylic acids is 1. The summed E-state index contributed by atoms with van der Waals surface area (Å²) in [4.78, 5) is 15.2. The third-order valence-corrected chi connectivity index (χ3v) is 4.37. The summed E-state index contributed by atoms with van der Waals surface area (Å²) in [5.41, 5.74) is 2.03. The Morgan fingerprint density at radius 2 is 2.11 bits per heavy atom. The lowest BCUT2D eigenvalue weighted by Crippen LogP contribution is -2.27. The predicted octanol–water partition coefficient (Wildman–Crippen LogP) is 3.19. The van der Waals surface area contributed by atoms with Crippen molar-refractivity contribution in [2.45, 2.75) is 20.4 Å². The Bertz CT molecular complexity index is 612. The molecule has 100 valence electrons. The highest BCUT2D eigenvalue weighted by Crippen LogP contribution is 2.21. The van der Waals surface area contributed by atoms with Crippen molar-refractivity contribution in [3.8, 4) is 0 Å². The van der Waals surface area contributed by atoms with Crippen LogP contribution in [-0.4, -0.2) is 28.1 Å². The summed E-state index contributed by atoms with van der Waals surface area (Å²) in [5.74, 6) is -0.0278. The van der Waals surface area contributed by atoms with E-state index in [2.05, 4.69) is 26.1 Å². The van der Waals surface area contributed by atoms with Crippen molar-refractivity contribution in [3.05, 3.63) is 43.8 Å². The molecule has 0 atom stereocenters. The second-order valence-corrected chi connectivity index (χ2v) is 6.29. The van der Waals surface area contributed by atoms with E-state index in [0.29, 0.717) is 17.8 Å². The van der Waals surface area contributed by atoms with Crippen LogP contribution in [0.5, 0.6) is 0 Å². The van der Waals surface area contributed by atoms with Gasteiger partial charge in [-0.1, -0.05) is 0 Å². The van der Waals surface area contributed by atoms with Crippen molar-refractivity contribution in [1.82, 2.24) is 15.1 Å². The number of nitrogens with zero attached hydrogens (tertiary/aromatic N) is 3. The highest BCUT2D eigenvalue weighted by Gasteiger charge is 2.16. The van der Waals surface area contributed by atoms with Gasteiger partial charge in [0.2, 0.25) is 0 Å². The molecule has 0 unspecified atom stereocenters. The summed E-state index contributed by atoms with van der Waals surface area (Å²) in [6, 6.07) is 3.81. The second kappa shape index (κ2) is 5.79. The number of aromatic nitrogens is 2. The van der Waals surface area contributed by atoms with E-state index in [1.54, 1.807) is 36.3 Å². The molecule has 0 saturated carbocycles. The number of rotatable bonds is 3. The van der Waals surface area contributed by atoms with E-state index in [1.807, 2.05) is 18.4 Å². The zero-order valence-corrected chi connectivity index (χ0v) is 13.4. The summed E-state index contributed by atoms with van der Waals surface area (Å²) in [6.45, 7) is 4.23. The van der Waals surface area contributed by atoms with Gasteiger partial charge < -0.3 is 4.90 Å². The van der Waals surface area contributed by atoms with Crippen molar-refractivity contribution in [3.63, 3.8) is 0 Å². The molecule has 4 nitrogen and oxygen atoms in total. The van der Waals surface area contributed by atoms with Crippen molar-refractivity contribution < 1.29 is 4.79 Å². The van der Waals surface area contributed by atoms with Gasteiger partial charge in [0.15, 0.2) is 0 Å². The Labute approximate surface area is 124 Å². The third-order valence-electron chi connectivity index (χ3n) is 2.69. The topological polar surface area (TPSA) is 46.1 Å². The van der Waals surface area contributed by atoms with Gasteiger partial charge in [0.05, 0.1) is 23.5 Å². The molecule has 0 aromatic carbocycles. The first kappa shape index (κ1) is 14.1. The zero-order chi connectivity index (χ0) is 14.0. The third kappa shape index (κ3) is 3.39. The van der Waals surface area contributed by atoms with Gasteiger partial charge >= 0.3 is 0 Å². The summed E-state index contributed by atoms with van der Waals surface area (Å²) in [7, 11) is 1.80. The maximum Gasteiger partial charge on any atom is 0.255 e. The molecule has 2 heterocycles. The highest BCUT2D eigenvalue weighted by atomic mass is 79.9. The van der Waals surface area contributed by atoms with Crippen LogP contribution in [0.2, 0.25) is 0 Å². The average molecular weight is 340 g/mol. The van der Waals surface area contributed by atoms with Crippen molar-refractivity contribution in [2.75, 3.05) is 7.05 Å². The summed E-state index contributed by atoms with van der Waals surface area (Å²) < 4.78 is 1.05. The number of carbonyl (C=O) groups is 1. The van der Waals surface area contributed by atoms with Crippen LogP contribution in [0.4, 0.5) is 0 Å². The summed E-state index contributed by atoms with van der Waals surface area (Å²) in [5, 5.41) is 9.95. The Morgan fingerprint density at radius 1 is 1.37 bits per heavy atom. The lowest BCUT2D eigenvalue weighted by Gasteiger charge is -2.17. The Morgan fingerprint density at radius 3 is 2.74 bits per heavy atom. The summed E-state index contributed by atoms with van der Waals surface area (Å²) >= 11 is 5.04. The molecule has 0 aliphatic heterocycles. The molecule has 19 heavy (non-hydrogen) atoms. The van der Waals surface area contributed by atoms with Crippen LogP contribution in [0.3, 0.4) is 0 Å². The largest absolute Gasteiger partial charge is 0.337 e. The first-order chi connectivity index (χ1) is 8.97. The monoisotopic (exact) mass is 339 g/mol. The van der Waals surface area contributed by atoms with Crippen LogP contribution in [-0.2, 0) is 6.54 Å². The zero-order valence-electron chi connectivity index (χ0n) is 11.0. The molecule has 0 spiro atoms. The Balaban J connectivity index is 2.16. The number of aryl methyl sites for hydroxylation is 2. The number of thiophene rings is 1. The maximum absolute atomic E-state index is 12.4. The second-order valence-electron chi connectivity index (χ2n) is 4.38. The van der Waals surface area contributed by atoms with Gasteiger partial charge in [-0.25, -0.2) is 0 Å². The van der Waals surface area contributed by atoms with E-state index in [0.717, 1.165) is 15.0 Å². The number of halogens is 1. The average Bonchev–Trinajstić information content (AvgIpc) is 2.77. The standard InChI is InChI=1S/C13H14BrN3OS/c1-8-4-12(9(2)16-15-8)13(18)17(3)6-11-5-10(14)7-19-11/h4-5,7H,6H2,1-3H3. The van der Waals surface area contributed by atoms with Crippen LogP contribution in [0.1, 0.15) is 26.6 Å². The quantitative estimate of drug-likeness (QED) is 0.862. The molecule has 2 aromatic rings. The molecule has 2 rings (SSSR count). The van der Waals surface area contributed by atoms with Crippen molar-refractivity contribution in [1.29, 1.82) is 0 Å². The number of hydrogen-bond acceptors (Lipinski definition) is 4. The number of hydrogen-bond donors (Lipinski definition) is 0.